The fourth-order valence-electron chi connectivity index (χ4n) is 1.74. The van der Waals surface area contributed by atoms with Crippen LogP contribution >= 0.6 is 11.6 Å². The predicted molar refractivity (Wildman–Crippen MR) is 81.1 cm³/mol. The number of carbonyl (C=O) groups is 1. The minimum atomic E-state index is -3.83. The molecular formula is C13H19ClN2O4S. The van der Waals surface area contributed by atoms with Gasteiger partial charge in [-0.3, -0.25) is 0 Å². The number of methoxy groups -OCH3 is 1. The smallest absolute Gasteiger partial charge is 0.339 e. The molecule has 1 aromatic rings. The molecule has 1 rings (SSSR count). The Morgan fingerprint density at radius 3 is 2.67 bits per heavy atom. The molecule has 0 unspecified atom stereocenters. The normalized spacial score (nSPS) is 13.0. The van der Waals surface area contributed by atoms with Gasteiger partial charge in [0, 0.05) is 17.6 Å². The van der Waals surface area contributed by atoms with Crippen LogP contribution in [0.5, 0.6) is 0 Å². The predicted octanol–water partition coefficient (Wildman–Crippen LogP) is 1.40. The van der Waals surface area contributed by atoms with Crippen molar-refractivity contribution in [3.63, 3.8) is 0 Å². The van der Waals surface area contributed by atoms with Crippen molar-refractivity contribution in [3.8, 4) is 0 Å². The van der Waals surface area contributed by atoms with Crippen molar-refractivity contribution >= 4 is 27.6 Å². The van der Waals surface area contributed by atoms with E-state index in [9.17, 15) is 13.2 Å². The minimum absolute atomic E-state index is 0.0290. The van der Waals surface area contributed by atoms with Gasteiger partial charge in [-0.2, -0.15) is 0 Å². The van der Waals surface area contributed by atoms with Crippen molar-refractivity contribution in [3.05, 3.63) is 28.8 Å². The number of hydrogen-bond donors (Lipinski definition) is 2. The summed E-state index contributed by atoms with van der Waals surface area (Å²) in [6.07, 6.45) is 0. The third-order valence-corrected chi connectivity index (χ3v) is 4.49. The van der Waals surface area contributed by atoms with Crippen LogP contribution in [0.3, 0.4) is 0 Å². The number of halogens is 1. The van der Waals surface area contributed by atoms with Crippen molar-refractivity contribution < 1.29 is 17.9 Å². The molecule has 0 saturated heterocycles. The first-order valence-electron chi connectivity index (χ1n) is 6.42. The van der Waals surface area contributed by atoms with Crippen LogP contribution in [0.1, 0.15) is 24.2 Å². The van der Waals surface area contributed by atoms with Gasteiger partial charge in [0.25, 0.3) is 0 Å². The number of ether oxygens (including phenoxy) is 1. The molecule has 0 aliphatic carbocycles. The molecule has 6 nitrogen and oxygen atoms in total. The lowest BCUT2D eigenvalue weighted by Crippen LogP contribution is -2.39. The molecule has 1 aromatic carbocycles. The van der Waals surface area contributed by atoms with Crippen molar-refractivity contribution in [2.75, 3.05) is 20.2 Å². The average Bonchev–Trinajstić information content (AvgIpc) is 2.44. The SMILES string of the molecule is CCN[C@H](C)CNS(=O)(=O)c1ccc(Cl)cc1C(=O)OC. The maximum absolute atomic E-state index is 12.3. The molecule has 0 aliphatic rings. The second-order valence-electron chi connectivity index (χ2n) is 4.44. The highest BCUT2D eigenvalue weighted by atomic mass is 35.5. The molecule has 0 heterocycles. The van der Waals surface area contributed by atoms with Crippen LogP contribution < -0.4 is 10.0 Å². The lowest BCUT2D eigenvalue weighted by atomic mass is 10.2. The van der Waals surface area contributed by atoms with E-state index in [0.717, 1.165) is 6.54 Å². The van der Waals surface area contributed by atoms with Crippen molar-refractivity contribution in [1.29, 1.82) is 0 Å². The molecule has 2 N–H and O–H groups in total. The van der Waals surface area contributed by atoms with Crippen LogP contribution in [0.15, 0.2) is 23.1 Å². The van der Waals surface area contributed by atoms with Gasteiger partial charge in [-0.1, -0.05) is 18.5 Å². The van der Waals surface area contributed by atoms with Gasteiger partial charge in [0.1, 0.15) is 0 Å². The van der Waals surface area contributed by atoms with E-state index < -0.39 is 16.0 Å². The van der Waals surface area contributed by atoms with Crippen molar-refractivity contribution in [2.24, 2.45) is 0 Å². The van der Waals surface area contributed by atoms with Gasteiger partial charge in [-0.25, -0.2) is 17.9 Å². The summed E-state index contributed by atoms with van der Waals surface area (Å²) in [6.45, 7) is 4.73. The van der Waals surface area contributed by atoms with Crippen LogP contribution in [0.25, 0.3) is 0 Å². The number of sulfonamides is 1. The Kier molecular flexibility index (Phi) is 6.60. The third-order valence-electron chi connectivity index (χ3n) is 2.77. The molecule has 0 spiro atoms. The van der Waals surface area contributed by atoms with Gasteiger partial charge < -0.3 is 10.1 Å². The summed E-state index contributed by atoms with van der Waals surface area (Å²) in [6, 6.07) is 3.94. The molecule has 1 atom stereocenters. The zero-order valence-electron chi connectivity index (χ0n) is 12.1. The third kappa shape index (κ3) is 4.96. The highest BCUT2D eigenvalue weighted by molar-refractivity contribution is 7.89. The highest BCUT2D eigenvalue weighted by Crippen LogP contribution is 2.21. The summed E-state index contributed by atoms with van der Waals surface area (Å²) in [4.78, 5) is 11.5. The second-order valence-corrected chi connectivity index (χ2v) is 6.61. The topological polar surface area (TPSA) is 84.5 Å². The Bertz CT molecular complexity index is 604. The number of esters is 1. The zero-order valence-corrected chi connectivity index (χ0v) is 13.7. The van der Waals surface area contributed by atoms with Crippen LogP contribution in [-0.4, -0.2) is 40.6 Å². The number of carbonyl (C=O) groups excluding carboxylic acids is 1. The number of likely N-dealkylation sites (N-methyl/N-ethyl adjacent to an activating group) is 1. The molecule has 8 heteroatoms. The largest absolute Gasteiger partial charge is 0.465 e. The molecule has 0 aromatic heterocycles. The average molecular weight is 335 g/mol. The quantitative estimate of drug-likeness (QED) is 0.736. The molecule has 0 aliphatic heterocycles. The summed E-state index contributed by atoms with van der Waals surface area (Å²) in [7, 11) is -2.64. The molecule has 0 amide bonds. The Balaban J connectivity index is 3.05. The molecule has 0 fully saturated rings. The van der Waals surface area contributed by atoms with E-state index in [4.69, 9.17) is 11.6 Å². The molecule has 0 saturated carbocycles. The summed E-state index contributed by atoms with van der Waals surface area (Å²) >= 11 is 5.80. The van der Waals surface area contributed by atoms with Crippen molar-refractivity contribution in [2.45, 2.75) is 24.8 Å². The first-order valence-corrected chi connectivity index (χ1v) is 8.28. The molecule has 0 bridgehead atoms. The molecule has 21 heavy (non-hydrogen) atoms. The maximum Gasteiger partial charge on any atom is 0.339 e. The highest BCUT2D eigenvalue weighted by Gasteiger charge is 2.23. The molecular weight excluding hydrogens is 316 g/mol. The van der Waals surface area contributed by atoms with E-state index in [0.29, 0.717) is 0 Å². The van der Waals surface area contributed by atoms with Gasteiger partial charge >= 0.3 is 5.97 Å². The van der Waals surface area contributed by atoms with E-state index in [1.165, 1.54) is 25.3 Å². The first kappa shape index (κ1) is 17.9. The van der Waals surface area contributed by atoms with E-state index in [1.807, 2.05) is 13.8 Å². The monoisotopic (exact) mass is 334 g/mol. The van der Waals surface area contributed by atoms with Gasteiger partial charge in [-0.05, 0) is 31.7 Å². The van der Waals surface area contributed by atoms with Gasteiger partial charge in [0.2, 0.25) is 10.0 Å². The zero-order chi connectivity index (χ0) is 16.0. The number of rotatable bonds is 7. The fraction of sp³-hybridized carbons (Fsp3) is 0.462. The Morgan fingerprint density at radius 2 is 2.10 bits per heavy atom. The Labute approximate surface area is 129 Å². The van der Waals surface area contributed by atoms with Crippen LogP contribution in [-0.2, 0) is 14.8 Å². The van der Waals surface area contributed by atoms with E-state index in [-0.39, 0.29) is 28.1 Å². The number of benzene rings is 1. The minimum Gasteiger partial charge on any atom is -0.465 e. The Hall–Kier alpha value is -1.15. The van der Waals surface area contributed by atoms with Gasteiger partial charge in [0.15, 0.2) is 0 Å². The standard InChI is InChI=1S/C13H19ClN2O4S/c1-4-15-9(2)8-16-21(18,19)12-6-5-10(14)7-11(12)13(17)20-3/h5-7,9,15-16H,4,8H2,1-3H3/t9-/m1/s1. The summed E-state index contributed by atoms with van der Waals surface area (Å²) < 4.78 is 31.7. The van der Waals surface area contributed by atoms with Gasteiger partial charge in [-0.15, -0.1) is 0 Å². The molecule has 118 valence electrons. The van der Waals surface area contributed by atoms with Crippen LogP contribution in [0.4, 0.5) is 0 Å². The van der Waals surface area contributed by atoms with E-state index in [2.05, 4.69) is 14.8 Å². The van der Waals surface area contributed by atoms with Gasteiger partial charge in [0.05, 0.1) is 17.6 Å². The number of hydrogen-bond acceptors (Lipinski definition) is 5. The van der Waals surface area contributed by atoms with Crippen LogP contribution in [0.2, 0.25) is 5.02 Å². The number of nitrogens with one attached hydrogen (secondary N) is 2. The first-order chi connectivity index (χ1) is 9.81. The fourth-order valence-corrected chi connectivity index (χ4v) is 3.22. The maximum atomic E-state index is 12.3. The molecule has 0 radical (unpaired) electrons. The van der Waals surface area contributed by atoms with Crippen molar-refractivity contribution in [1.82, 2.24) is 10.0 Å². The summed E-state index contributed by atoms with van der Waals surface area (Å²) in [5, 5.41) is 3.35. The lowest BCUT2D eigenvalue weighted by molar-refractivity contribution is 0.0596. The van der Waals surface area contributed by atoms with Crippen LogP contribution in [0, 0.1) is 0 Å². The second kappa shape index (κ2) is 7.74. The van der Waals surface area contributed by atoms with E-state index >= 15 is 0 Å². The Morgan fingerprint density at radius 1 is 1.43 bits per heavy atom. The van der Waals surface area contributed by atoms with E-state index in [1.54, 1.807) is 0 Å². The summed E-state index contributed by atoms with van der Waals surface area (Å²) in [5.41, 5.74) is -0.0893. The lowest BCUT2D eigenvalue weighted by Gasteiger charge is -2.15. The summed E-state index contributed by atoms with van der Waals surface area (Å²) in [5.74, 6) is -0.752.